The van der Waals surface area contributed by atoms with Crippen molar-refractivity contribution in [2.24, 2.45) is 0 Å². The molecule has 2 N–H and O–H groups in total. The lowest BCUT2D eigenvalue weighted by Gasteiger charge is -2.23. The Hall–Kier alpha value is -2.18. The summed E-state index contributed by atoms with van der Waals surface area (Å²) >= 11 is 0. The van der Waals surface area contributed by atoms with E-state index >= 15 is 0 Å². The zero-order valence-electron chi connectivity index (χ0n) is 15.5. The Labute approximate surface area is 155 Å². The Balaban J connectivity index is 1.90. The Bertz CT molecular complexity index is 841. The fourth-order valence-electron chi connectivity index (χ4n) is 2.59. The largest absolute Gasteiger partial charge is 0.325 e. The first-order chi connectivity index (χ1) is 12.2. The van der Waals surface area contributed by atoms with Crippen LogP contribution in [0.25, 0.3) is 0 Å². The molecule has 0 saturated carbocycles. The van der Waals surface area contributed by atoms with E-state index < -0.39 is 10.0 Å². The van der Waals surface area contributed by atoms with Crippen molar-refractivity contribution >= 4 is 21.6 Å². The fraction of sp³-hybridized carbons (Fsp3) is 0.350. The minimum atomic E-state index is -3.52. The molecule has 6 heteroatoms. The minimum Gasteiger partial charge on any atom is -0.325 e. The molecule has 0 unspecified atom stereocenters. The minimum absolute atomic E-state index is 0.0527. The van der Waals surface area contributed by atoms with Crippen LogP contribution in [0.3, 0.4) is 0 Å². The Morgan fingerprint density at radius 2 is 1.58 bits per heavy atom. The van der Waals surface area contributed by atoms with Crippen molar-refractivity contribution in [3.8, 4) is 0 Å². The third kappa shape index (κ3) is 6.28. The molecular weight excluding hydrogens is 348 g/mol. The van der Waals surface area contributed by atoms with Crippen LogP contribution in [-0.2, 0) is 26.7 Å². The first-order valence-corrected chi connectivity index (χ1v) is 10.2. The van der Waals surface area contributed by atoms with Gasteiger partial charge in [-0.25, -0.2) is 13.1 Å². The summed E-state index contributed by atoms with van der Waals surface area (Å²) in [6.45, 7) is 5.90. The molecule has 5 nitrogen and oxygen atoms in total. The van der Waals surface area contributed by atoms with Gasteiger partial charge in [-0.05, 0) is 29.0 Å². The second-order valence-corrected chi connectivity index (χ2v) is 9.15. The molecule has 26 heavy (non-hydrogen) atoms. The smallest absolute Gasteiger partial charge is 0.239 e. The summed E-state index contributed by atoms with van der Waals surface area (Å²) in [5, 5.41) is 2.80. The normalized spacial score (nSPS) is 12.0. The van der Waals surface area contributed by atoms with E-state index in [1.54, 1.807) is 0 Å². The van der Waals surface area contributed by atoms with E-state index in [1.807, 2.05) is 54.6 Å². The number of para-hydroxylation sites is 1. The van der Waals surface area contributed by atoms with Crippen molar-refractivity contribution in [2.75, 3.05) is 17.6 Å². The van der Waals surface area contributed by atoms with Gasteiger partial charge in [0.2, 0.25) is 15.9 Å². The van der Waals surface area contributed by atoms with Gasteiger partial charge in [-0.3, -0.25) is 4.79 Å². The number of carbonyl (C=O) groups is 1. The summed E-state index contributed by atoms with van der Waals surface area (Å²) in [6, 6.07) is 16.9. The van der Waals surface area contributed by atoms with Gasteiger partial charge in [0.1, 0.15) is 0 Å². The number of hydrogen-bond acceptors (Lipinski definition) is 3. The monoisotopic (exact) mass is 374 g/mol. The molecule has 0 aliphatic carbocycles. The van der Waals surface area contributed by atoms with Gasteiger partial charge in [-0.2, -0.15) is 0 Å². The number of hydrogen-bond donors (Lipinski definition) is 2. The summed E-state index contributed by atoms with van der Waals surface area (Å²) in [4.78, 5) is 12.2. The van der Waals surface area contributed by atoms with E-state index in [0.717, 1.165) is 11.1 Å². The molecule has 1 amide bonds. The van der Waals surface area contributed by atoms with Crippen molar-refractivity contribution in [1.82, 2.24) is 4.72 Å². The molecule has 0 saturated heterocycles. The van der Waals surface area contributed by atoms with E-state index in [2.05, 4.69) is 30.8 Å². The highest BCUT2D eigenvalue weighted by Gasteiger charge is 2.19. The van der Waals surface area contributed by atoms with Gasteiger partial charge in [0.15, 0.2) is 0 Å². The number of anilines is 1. The molecule has 0 spiro atoms. The van der Waals surface area contributed by atoms with Crippen molar-refractivity contribution in [1.29, 1.82) is 0 Å². The Kier molecular flexibility index (Phi) is 6.56. The number of amides is 1. The van der Waals surface area contributed by atoms with Crippen molar-refractivity contribution in [3.05, 3.63) is 65.7 Å². The molecule has 0 aliphatic heterocycles. The summed E-state index contributed by atoms with van der Waals surface area (Å²) in [5.74, 6) is -0.437. The number of aryl methyl sites for hydroxylation is 1. The summed E-state index contributed by atoms with van der Waals surface area (Å²) in [7, 11) is -3.52. The lowest BCUT2D eigenvalue weighted by Crippen LogP contribution is -2.35. The van der Waals surface area contributed by atoms with Crippen molar-refractivity contribution in [3.63, 3.8) is 0 Å². The van der Waals surface area contributed by atoms with E-state index in [-0.39, 0.29) is 23.6 Å². The third-order valence-corrected chi connectivity index (χ3v) is 5.29. The standard InChI is InChI=1S/C20H26N2O3S/c1-20(2,3)17-11-7-8-12-18(17)22-19(23)15-21-26(24,25)14-13-16-9-5-4-6-10-16/h4-12,21H,13-15H2,1-3H3,(H,22,23). The number of benzene rings is 2. The van der Waals surface area contributed by atoms with Gasteiger partial charge < -0.3 is 5.32 Å². The van der Waals surface area contributed by atoms with Gasteiger partial charge in [-0.1, -0.05) is 69.3 Å². The lowest BCUT2D eigenvalue weighted by molar-refractivity contribution is -0.115. The molecule has 2 aromatic rings. The van der Waals surface area contributed by atoms with Crippen molar-refractivity contribution in [2.45, 2.75) is 32.6 Å². The van der Waals surface area contributed by atoms with Crippen LogP contribution in [0.15, 0.2) is 54.6 Å². The molecule has 0 aromatic heterocycles. The Morgan fingerprint density at radius 1 is 0.962 bits per heavy atom. The molecule has 0 aliphatic rings. The molecule has 0 bridgehead atoms. The van der Waals surface area contributed by atoms with Gasteiger partial charge >= 0.3 is 0 Å². The lowest BCUT2D eigenvalue weighted by atomic mass is 9.86. The maximum absolute atomic E-state index is 12.2. The Morgan fingerprint density at radius 3 is 2.23 bits per heavy atom. The number of carbonyl (C=O) groups excluding carboxylic acids is 1. The van der Waals surface area contributed by atoms with E-state index in [0.29, 0.717) is 12.1 Å². The molecular formula is C20H26N2O3S. The summed E-state index contributed by atoms with van der Waals surface area (Å²) < 4.78 is 26.6. The maximum Gasteiger partial charge on any atom is 0.239 e. The molecule has 0 atom stereocenters. The number of rotatable bonds is 7. The topological polar surface area (TPSA) is 75.3 Å². The molecule has 0 radical (unpaired) electrons. The first-order valence-electron chi connectivity index (χ1n) is 8.58. The predicted molar refractivity (Wildman–Crippen MR) is 106 cm³/mol. The van der Waals surface area contributed by atoms with E-state index in [9.17, 15) is 13.2 Å². The zero-order chi connectivity index (χ0) is 19.2. The summed E-state index contributed by atoms with van der Waals surface area (Å²) in [5.41, 5.74) is 2.52. The van der Waals surface area contributed by atoms with Crippen LogP contribution in [0.4, 0.5) is 5.69 Å². The van der Waals surface area contributed by atoms with E-state index in [4.69, 9.17) is 0 Å². The van der Waals surface area contributed by atoms with Crippen LogP contribution in [0, 0.1) is 0 Å². The van der Waals surface area contributed by atoms with Crippen LogP contribution in [0.1, 0.15) is 31.9 Å². The zero-order valence-corrected chi connectivity index (χ0v) is 16.3. The molecule has 0 fully saturated rings. The van der Waals surface area contributed by atoms with Gasteiger partial charge in [0, 0.05) is 5.69 Å². The van der Waals surface area contributed by atoms with E-state index in [1.165, 1.54) is 0 Å². The van der Waals surface area contributed by atoms with Crippen LogP contribution >= 0.6 is 0 Å². The third-order valence-electron chi connectivity index (χ3n) is 3.96. The van der Waals surface area contributed by atoms with Gasteiger partial charge in [0.05, 0.1) is 12.3 Å². The highest BCUT2D eigenvalue weighted by Crippen LogP contribution is 2.29. The van der Waals surface area contributed by atoms with Crippen LogP contribution in [-0.4, -0.2) is 26.6 Å². The number of sulfonamides is 1. The quantitative estimate of drug-likeness (QED) is 0.782. The molecule has 140 valence electrons. The average Bonchev–Trinajstić information content (AvgIpc) is 2.59. The van der Waals surface area contributed by atoms with Gasteiger partial charge in [0.25, 0.3) is 0 Å². The molecule has 2 rings (SSSR count). The molecule has 2 aromatic carbocycles. The van der Waals surface area contributed by atoms with Crippen LogP contribution < -0.4 is 10.0 Å². The van der Waals surface area contributed by atoms with Crippen molar-refractivity contribution < 1.29 is 13.2 Å². The number of nitrogens with one attached hydrogen (secondary N) is 2. The SMILES string of the molecule is CC(C)(C)c1ccccc1NC(=O)CNS(=O)(=O)CCc1ccccc1. The second kappa shape index (κ2) is 8.47. The van der Waals surface area contributed by atoms with Gasteiger partial charge in [-0.15, -0.1) is 0 Å². The predicted octanol–water partition coefficient (Wildman–Crippen LogP) is 3.08. The highest BCUT2D eigenvalue weighted by atomic mass is 32.2. The first kappa shape index (κ1) is 20.1. The van der Waals surface area contributed by atoms with Crippen LogP contribution in [0.2, 0.25) is 0 Å². The summed E-state index contributed by atoms with van der Waals surface area (Å²) in [6.07, 6.45) is 0.407. The second-order valence-electron chi connectivity index (χ2n) is 7.22. The average molecular weight is 375 g/mol. The van der Waals surface area contributed by atoms with Crippen LogP contribution in [0.5, 0.6) is 0 Å². The fourth-order valence-corrected chi connectivity index (χ4v) is 3.58. The molecule has 0 heterocycles. The highest BCUT2D eigenvalue weighted by molar-refractivity contribution is 7.89. The maximum atomic E-state index is 12.2.